The van der Waals surface area contributed by atoms with E-state index in [-0.39, 0.29) is 25.0 Å². The predicted octanol–water partition coefficient (Wildman–Crippen LogP) is 0.193. The molecule has 9 N–H and O–H groups in total. The van der Waals surface area contributed by atoms with Crippen molar-refractivity contribution in [1.82, 2.24) is 16.0 Å². The van der Waals surface area contributed by atoms with Crippen LogP contribution in [0.25, 0.3) is 0 Å². The van der Waals surface area contributed by atoms with Crippen LogP contribution < -0.4 is 27.4 Å². The summed E-state index contributed by atoms with van der Waals surface area (Å²) in [5.74, 6) is -2.99. The number of hydrogen-bond acceptors (Lipinski definition) is 7. The third-order valence-electron chi connectivity index (χ3n) is 5.95. The smallest absolute Gasteiger partial charge is 0.325 e. The van der Waals surface area contributed by atoms with Crippen molar-refractivity contribution in [2.24, 2.45) is 11.5 Å². The van der Waals surface area contributed by atoms with E-state index >= 15 is 0 Å². The summed E-state index contributed by atoms with van der Waals surface area (Å²) in [6.45, 7) is 1.72. The van der Waals surface area contributed by atoms with Crippen LogP contribution in [0.15, 0.2) is 54.6 Å². The normalized spacial score (nSPS) is 14.0. The number of nitrogens with two attached hydrogens (primary N) is 2. The summed E-state index contributed by atoms with van der Waals surface area (Å²) in [6.07, 6.45) is 1.69. The Morgan fingerprint density at radius 2 is 1.37 bits per heavy atom. The van der Waals surface area contributed by atoms with Crippen LogP contribution in [0, 0.1) is 0 Å². The number of carbonyl (C=O) groups is 4. The Bertz CT molecular complexity index is 1060. The maximum absolute atomic E-state index is 13.4. The number of carbonyl (C=O) groups excluding carboxylic acids is 3. The first-order valence-corrected chi connectivity index (χ1v) is 12.5. The van der Waals surface area contributed by atoms with Crippen LogP contribution in [0.3, 0.4) is 0 Å². The van der Waals surface area contributed by atoms with E-state index in [0.29, 0.717) is 24.9 Å². The van der Waals surface area contributed by atoms with Crippen LogP contribution in [0.4, 0.5) is 0 Å². The number of benzene rings is 2. The summed E-state index contributed by atoms with van der Waals surface area (Å²) in [4.78, 5) is 50.3. The van der Waals surface area contributed by atoms with E-state index in [1.165, 1.54) is 19.1 Å². The lowest BCUT2D eigenvalue weighted by molar-refractivity contribution is -0.141. The molecule has 0 aliphatic carbocycles. The minimum atomic E-state index is -1.21. The molecule has 4 atom stereocenters. The Hall–Kier alpha value is -3.96. The number of rotatable bonds is 15. The molecule has 3 amide bonds. The molecular formula is C27H37N5O6. The summed E-state index contributed by atoms with van der Waals surface area (Å²) in [5, 5.41) is 26.4. The molecule has 0 aliphatic rings. The molecule has 0 radical (unpaired) electrons. The topological polar surface area (TPSA) is 197 Å². The average molecular weight is 528 g/mol. The quantitative estimate of drug-likeness (QED) is 0.159. The monoisotopic (exact) mass is 527 g/mol. The number of amides is 3. The Morgan fingerprint density at radius 1 is 0.789 bits per heavy atom. The fourth-order valence-electron chi connectivity index (χ4n) is 3.73. The lowest BCUT2D eigenvalue weighted by atomic mass is 10.0. The highest BCUT2D eigenvalue weighted by Gasteiger charge is 2.29. The molecule has 2 aromatic carbocycles. The summed E-state index contributed by atoms with van der Waals surface area (Å²) in [6, 6.07) is 11.2. The lowest BCUT2D eigenvalue weighted by Crippen LogP contribution is -2.57. The van der Waals surface area contributed by atoms with E-state index in [0.717, 1.165) is 5.56 Å². The van der Waals surface area contributed by atoms with E-state index in [2.05, 4.69) is 16.0 Å². The molecule has 0 saturated carbocycles. The van der Waals surface area contributed by atoms with E-state index in [1.54, 1.807) is 12.1 Å². The van der Waals surface area contributed by atoms with Gasteiger partial charge in [-0.05, 0) is 62.4 Å². The van der Waals surface area contributed by atoms with E-state index < -0.39 is 47.9 Å². The number of aliphatic carboxylic acids is 1. The molecule has 0 bridgehead atoms. The Morgan fingerprint density at radius 3 is 1.97 bits per heavy atom. The zero-order valence-electron chi connectivity index (χ0n) is 21.4. The van der Waals surface area contributed by atoms with Gasteiger partial charge in [0, 0.05) is 6.42 Å². The fourth-order valence-corrected chi connectivity index (χ4v) is 3.73. The van der Waals surface area contributed by atoms with Crippen LogP contribution >= 0.6 is 0 Å². The van der Waals surface area contributed by atoms with Gasteiger partial charge < -0.3 is 37.6 Å². The molecule has 0 spiro atoms. The van der Waals surface area contributed by atoms with E-state index in [1.807, 2.05) is 30.3 Å². The third-order valence-corrected chi connectivity index (χ3v) is 5.95. The van der Waals surface area contributed by atoms with Crippen molar-refractivity contribution in [2.75, 3.05) is 6.54 Å². The summed E-state index contributed by atoms with van der Waals surface area (Å²) in [7, 11) is 0. The van der Waals surface area contributed by atoms with Crippen LogP contribution in [0.5, 0.6) is 5.75 Å². The van der Waals surface area contributed by atoms with Crippen LogP contribution in [-0.4, -0.2) is 64.6 Å². The van der Waals surface area contributed by atoms with Crippen LogP contribution in [-0.2, 0) is 32.0 Å². The highest BCUT2D eigenvalue weighted by atomic mass is 16.4. The molecule has 4 unspecified atom stereocenters. The van der Waals surface area contributed by atoms with Gasteiger partial charge in [-0.25, -0.2) is 0 Å². The molecule has 0 heterocycles. The number of carboxylic acid groups (broad SMARTS) is 1. The molecule has 11 heteroatoms. The predicted molar refractivity (Wildman–Crippen MR) is 142 cm³/mol. The second kappa shape index (κ2) is 15.3. The van der Waals surface area contributed by atoms with E-state index in [9.17, 15) is 24.3 Å². The Balaban J connectivity index is 2.20. The second-order valence-electron chi connectivity index (χ2n) is 9.14. The van der Waals surface area contributed by atoms with Gasteiger partial charge in [0.2, 0.25) is 17.7 Å². The van der Waals surface area contributed by atoms with Gasteiger partial charge in [-0.3, -0.25) is 19.2 Å². The lowest BCUT2D eigenvalue weighted by Gasteiger charge is -2.25. The van der Waals surface area contributed by atoms with Crippen LogP contribution in [0.1, 0.15) is 37.3 Å². The van der Waals surface area contributed by atoms with E-state index in [4.69, 9.17) is 16.6 Å². The molecule has 2 rings (SSSR count). The largest absolute Gasteiger partial charge is 0.508 e. The minimum absolute atomic E-state index is 0.0489. The highest BCUT2D eigenvalue weighted by molar-refractivity contribution is 5.94. The SMILES string of the molecule is CC(NC(=O)C(CCCCN)NC(=O)C(Cc1ccc(O)cc1)NC(=O)C(N)Cc1ccccc1)C(=O)O. The first-order chi connectivity index (χ1) is 18.1. The summed E-state index contributed by atoms with van der Waals surface area (Å²) < 4.78 is 0. The maximum Gasteiger partial charge on any atom is 0.325 e. The fraction of sp³-hybridized carbons (Fsp3) is 0.407. The number of unbranched alkanes of at least 4 members (excludes halogenated alkanes) is 1. The van der Waals surface area contributed by atoms with Gasteiger partial charge in [0.05, 0.1) is 6.04 Å². The number of hydrogen-bond donors (Lipinski definition) is 7. The van der Waals surface area contributed by atoms with Gasteiger partial charge in [-0.1, -0.05) is 42.5 Å². The number of phenolic OH excluding ortho intramolecular Hbond substituents is 1. The Labute approximate surface area is 222 Å². The van der Waals surface area contributed by atoms with Crippen molar-refractivity contribution in [2.45, 2.75) is 63.2 Å². The van der Waals surface area contributed by atoms with Crippen molar-refractivity contribution in [1.29, 1.82) is 0 Å². The molecule has 206 valence electrons. The molecule has 0 saturated heterocycles. The van der Waals surface area contributed by atoms with Crippen molar-refractivity contribution in [3.8, 4) is 5.75 Å². The van der Waals surface area contributed by atoms with Crippen molar-refractivity contribution in [3.63, 3.8) is 0 Å². The van der Waals surface area contributed by atoms with Crippen molar-refractivity contribution < 1.29 is 29.4 Å². The van der Waals surface area contributed by atoms with Gasteiger partial charge in [0.1, 0.15) is 23.9 Å². The standard InChI is InChI=1S/C27H37N5O6/c1-17(27(37)38)30-25(35)22(9-5-6-14-28)31-26(36)23(16-19-10-12-20(33)13-11-19)32-24(34)21(29)15-18-7-3-2-4-8-18/h2-4,7-8,10-13,17,21-23,33H,5-6,9,14-16,28-29H2,1H3,(H,30,35)(H,31,36)(H,32,34)(H,37,38). The summed E-state index contributed by atoms with van der Waals surface area (Å²) in [5.41, 5.74) is 13.2. The minimum Gasteiger partial charge on any atom is -0.508 e. The molecule has 0 fully saturated rings. The first kappa shape index (κ1) is 30.3. The van der Waals surface area contributed by atoms with Gasteiger partial charge in [0.25, 0.3) is 0 Å². The zero-order chi connectivity index (χ0) is 28.1. The third kappa shape index (κ3) is 10.2. The molecule has 38 heavy (non-hydrogen) atoms. The summed E-state index contributed by atoms with van der Waals surface area (Å²) >= 11 is 0. The van der Waals surface area contributed by atoms with Gasteiger partial charge in [0.15, 0.2) is 0 Å². The average Bonchev–Trinajstić information content (AvgIpc) is 2.89. The van der Waals surface area contributed by atoms with Crippen molar-refractivity contribution in [3.05, 3.63) is 65.7 Å². The highest BCUT2D eigenvalue weighted by Crippen LogP contribution is 2.12. The van der Waals surface area contributed by atoms with Gasteiger partial charge in [-0.2, -0.15) is 0 Å². The number of nitrogens with one attached hydrogen (secondary N) is 3. The molecule has 2 aromatic rings. The number of carboxylic acids is 1. The Kier molecular flexibility index (Phi) is 12.2. The van der Waals surface area contributed by atoms with Gasteiger partial charge in [-0.15, -0.1) is 0 Å². The molecule has 0 aromatic heterocycles. The maximum atomic E-state index is 13.4. The van der Waals surface area contributed by atoms with Gasteiger partial charge >= 0.3 is 5.97 Å². The number of aromatic hydroxyl groups is 1. The van der Waals surface area contributed by atoms with Crippen LogP contribution in [0.2, 0.25) is 0 Å². The second-order valence-corrected chi connectivity index (χ2v) is 9.14. The molecular weight excluding hydrogens is 490 g/mol. The van der Waals surface area contributed by atoms with Crippen molar-refractivity contribution >= 4 is 23.7 Å². The molecule has 0 aliphatic heterocycles. The molecule has 11 nitrogen and oxygen atoms in total. The zero-order valence-corrected chi connectivity index (χ0v) is 21.4. The first-order valence-electron chi connectivity index (χ1n) is 12.5. The number of phenols is 1.